The molecule has 4 aromatic carbocycles. The number of nitrogens with zero attached hydrogens (tertiary/aromatic N) is 1. The van der Waals surface area contributed by atoms with E-state index in [0.29, 0.717) is 11.5 Å². The normalized spacial score (nSPS) is 12.3. The van der Waals surface area contributed by atoms with Crippen LogP contribution in [-0.2, 0) is 26.3 Å². The standard InChI is InChI=1S/C28H19F3N.C15H28O2.Ir/c1-17-13-18(2)15-22(14-17)27-26-10-6-21-16-20(5-9-24(21)25(26)11-12-32-27)19-3-7-23(8-4-19)28(29,30)31;1-7-14(5,8-2)12(16)11-13(17)15(6,9-3)10-4;/h3-14,16H,1-2H3;11,16H,7-10H2,1-6H3;/q-1;;/p+1/b;12-11-;. The zero-order chi connectivity index (χ0) is 36.1. The van der Waals surface area contributed by atoms with Crippen LogP contribution in [0.15, 0.2) is 90.8 Å². The number of aliphatic hydroxyl groups excluding tert-OH is 1. The Kier molecular flexibility index (Phi) is 13.4. The summed E-state index contributed by atoms with van der Waals surface area (Å²) in [5.41, 5.74) is 4.63. The topological polar surface area (TPSA) is 54.5 Å². The summed E-state index contributed by atoms with van der Waals surface area (Å²) in [5, 5.41) is 14.4. The quantitative estimate of drug-likeness (QED) is 0.0528. The first-order valence-electron chi connectivity index (χ1n) is 17.1. The zero-order valence-electron chi connectivity index (χ0n) is 30.2. The molecule has 5 rings (SSSR count). The number of hydrogen-bond donors (Lipinski definition) is 1. The summed E-state index contributed by atoms with van der Waals surface area (Å²) in [7, 11) is 0. The van der Waals surface area contributed by atoms with Crippen molar-refractivity contribution < 1.29 is 43.2 Å². The molecular weight excluding hydrogens is 812 g/mol. The second-order valence-corrected chi connectivity index (χ2v) is 13.5. The Bertz CT molecular complexity index is 1950. The zero-order valence-corrected chi connectivity index (χ0v) is 32.6. The van der Waals surface area contributed by atoms with Crippen molar-refractivity contribution >= 4 is 27.3 Å². The van der Waals surface area contributed by atoms with E-state index in [4.69, 9.17) is 0 Å². The number of fused-ring (bicyclic) bond motifs is 3. The fraction of sp³-hybridized carbons (Fsp3) is 0.349. The van der Waals surface area contributed by atoms with Crippen molar-refractivity contribution in [1.29, 1.82) is 0 Å². The van der Waals surface area contributed by atoms with Crippen LogP contribution in [0, 0.1) is 30.7 Å². The minimum absolute atomic E-state index is 0. The molecule has 1 heterocycles. The average Bonchev–Trinajstić information content (AvgIpc) is 3.09. The van der Waals surface area contributed by atoms with Crippen LogP contribution >= 0.6 is 0 Å². The number of allylic oxidation sites excluding steroid dienone is 2. The molecule has 0 aliphatic rings. The van der Waals surface area contributed by atoms with Crippen LogP contribution in [0.2, 0.25) is 0 Å². The molecule has 0 unspecified atom stereocenters. The van der Waals surface area contributed by atoms with E-state index < -0.39 is 11.7 Å². The molecule has 0 bridgehead atoms. The van der Waals surface area contributed by atoms with Crippen molar-refractivity contribution in [3.05, 3.63) is 114 Å². The molecule has 1 radical (unpaired) electrons. The number of hydrogen-bond acceptors (Lipinski definition) is 2. The molecule has 50 heavy (non-hydrogen) atoms. The van der Waals surface area contributed by atoms with Crippen LogP contribution in [0.1, 0.15) is 83.9 Å². The van der Waals surface area contributed by atoms with Crippen molar-refractivity contribution in [1.82, 2.24) is 4.98 Å². The second kappa shape index (κ2) is 16.5. The van der Waals surface area contributed by atoms with E-state index in [0.717, 1.165) is 92.9 Å². The first kappa shape index (κ1) is 40.6. The Labute approximate surface area is 308 Å². The predicted octanol–water partition coefficient (Wildman–Crippen LogP) is 12.8. The summed E-state index contributed by atoms with van der Waals surface area (Å²) in [6, 6.07) is 25.0. The summed E-state index contributed by atoms with van der Waals surface area (Å²) < 4.78 is 38.6. The van der Waals surface area contributed by atoms with Crippen molar-refractivity contribution in [3.63, 3.8) is 0 Å². The molecule has 267 valence electrons. The van der Waals surface area contributed by atoms with E-state index in [1.807, 2.05) is 57.3 Å². The Balaban J connectivity index is 0.000000323. The Morgan fingerprint density at radius 3 is 1.90 bits per heavy atom. The summed E-state index contributed by atoms with van der Waals surface area (Å²) in [6.45, 7) is 16.4. The van der Waals surface area contributed by atoms with Gasteiger partial charge >= 0.3 is 12.0 Å². The molecule has 0 saturated carbocycles. The molecule has 1 aromatic heterocycles. The maximum Gasteiger partial charge on any atom is 0.416 e. The molecule has 0 aliphatic carbocycles. The van der Waals surface area contributed by atoms with Gasteiger partial charge in [-0.05, 0) is 95.2 Å². The molecule has 0 spiro atoms. The van der Waals surface area contributed by atoms with E-state index in [2.05, 4.69) is 63.9 Å². The van der Waals surface area contributed by atoms with Gasteiger partial charge in [0.15, 0.2) is 0 Å². The Morgan fingerprint density at radius 1 is 0.760 bits per heavy atom. The maximum absolute atomic E-state index is 12.9. The first-order chi connectivity index (χ1) is 23.1. The van der Waals surface area contributed by atoms with Crippen molar-refractivity contribution in [2.24, 2.45) is 10.8 Å². The molecule has 0 aliphatic heterocycles. The number of aromatic nitrogens is 1. The number of alkyl halides is 3. The molecule has 3 nitrogen and oxygen atoms in total. The van der Waals surface area contributed by atoms with E-state index in [-0.39, 0.29) is 30.9 Å². The third-order valence-corrected chi connectivity index (χ3v) is 10.3. The van der Waals surface area contributed by atoms with Crippen molar-refractivity contribution in [2.75, 3.05) is 0 Å². The van der Waals surface area contributed by atoms with Gasteiger partial charge in [0.2, 0.25) is 0 Å². The summed E-state index contributed by atoms with van der Waals surface area (Å²) >= 11 is 0. The van der Waals surface area contributed by atoms with Gasteiger partial charge in [0.05, 0.1) is 17.1 Å². The minimum Gasteiger partial charge on any atom is -0.511 e. The fourth-order valence-electron chi connectivity index (χ4n) is 5.97. The van der Waals surface area contributed by atoms with Crippen LogP contribution in [-0.4, -0.2) is 20.7 Å². The number of pyridine rings is 1. The molecule has 5 aromatic rings. The van der Waals surface area contributed by atoms with Crippen LogP contribution < -0.4 is 0 Å². The molecule has 0 atom stereocenters. The summed E-state index contributed by atoms with van der Waals surface area (Å²) in [5.74, 6) is 0.598. The van der Waals surface area contributed by atoms with Crippen LogP contribution in [0.25, 0.3) is 43.9 Å². The van der Waals surface area contributed by atoms with Gasteiger partial charge in [-0.15, -0.1) is 34.9 Å². The van der Waals surface area contributed by atoms with E-state index in [9.17, 15) is 23.1 Å². The fourth-order valence-corrected chi connectivity index (χ4v) is 5.97. The van der Waals surface area contributed by atoms with Gasteiger partial charge in [-0.1, -0.05) is 84.9 Å². The molecular formula is C43H48F3IrNO2. The van der Waals surface area contributed by atoms with Crippen molar-refractivity contribution in [3.8, 4) is 22.4 Å². The van der Waals surface area contributed by atoms with Crippen LogP contribution in [0.5, 0.6) is 0 Å². The number of rotatable bonds is 9. The molecule has 0 saturated heterocycles. The van der Waals surface area contributed by atoms with Gasteiger partial charge in [-0.25, -0.2) is 0 Å². The van der Waals surface area contributed by atoms with E-state index >= 15 is 0 Å². The number of benzene rings is 4. The van der Waals surface area contributed by atoms with Crippen molar-refractivity contribution in [2.45, 2.75) is 87.2 Å². The SMILES string of the molecule is CCC(C)(CC)C(=[OH+])/C=C(\O)C(C)(CC)CC.Cc1[c-]c(-c2nccc3c2ccc2cc(-c4ccc(C(F)(F)F)cc4)ccc23)cc(C)c1.[Ir]. The number of aliphatic hydroxyl groups is 1. The predicted molar refractivity (Wildman–Crippen MR) is 198 cm³/mol. The van der Waals surface area contributed by atoms with Gasteiger partial charge in [0.1, 0.15) is 5.76 Å². The Hall–Kier alpha value is -3.80. The number of aryl methyl sites for hydroxylation is 2. The van der Waals surface area contributed by atoms with Gasteiger partial charge in [-0.3, -0.25) is 4.79 Å². The van der Waals surface area contributed by atoms with Gasteiger partial charge < -0.3 is 10.1 Å². The average molecular weight is 860 g/mol. The largest absolute Gasteiger partial charge is 0.511 e. The van der Waals surface area contributed by atoms with Gasteiger partial charge in [0, 0.05) is 31.7 Å². The first-order valence-corrected chi connectivity index (χ1v) is 17.1. The number of ketones is 1. The molecule has 2 N–H and O–H groups in total. The molecule has 0 fully saturated rings. The number of carbonyl (C=O) groups excluding carboxylic acids is 1. The monoisotopic (exact) mass is 860 g/mol. The molecule has 7 heteroatoms. The van der Waals surface area contributed by atoms with E-state index in [1.165, 1.54) is 12.1 Å². The maximum atomic E-state index is 12.9. The minimum atomic E-state index is -4.33. The summed E-state index contributed by atoms with van der Waals surface area (Å²) in [4.78, 5) is 14.8. The molecule has 0 amide bonds. The van der Waals surface area contributed by atoms with E-state index in [1.54, 1.807) is 6.08 Å². The van der Waals surface area contributed by atoms with Gasteiger partial charge in [-0.2, -0.15) is 13.2 Å². The smallest absolute Gasteiger partial charge is 0.416 e. The number of halogens is 3. The Morgan fingerprint density at radius 2 is 1.34 bits per heavy atom. The van der Waals surface area contributed by atoms with Crippen LogP contribution in [0.3, 0.4) is 0 Å². The second-order valence-electron chi connectivity index (χ2n) is 13.5. The summed E-state index contributed by atoms with van der Waals surface area (Å²) in [6.07, 6.45) is 2.52. The third kappa shape index (κ3) is 8.91. The van der Waals surface area contributed by atoms with Gasteiger partial charge in [0.25, 0.3) is 0 Å². The van der Waals surface area contributed by atoms with Crippen LogP contribution in [0.4, 0.5) is 13.2 Å². The third-order valence-electron chi connectivity index (χ3n) is 10.3.